The highest BCUT2D eigenvalue weighted by Crippen LogP contribution is 2.27. The molecule has 0 aliphatic heterocycles. The van der Waals surface area contributed by atoms with Crippen LogP contribution in [0.1, 0.15) is 44.0 Å². The molecule has 0 saturated carbocycles. The Kier molecular flexibility index (Phi) is 5.17. The van der Waals surface area contributed by atoms with E-state index in [9.17, 15) is 4.79 Å². The molecule has 0 aliphatic rings. The fourth-order valence-corrected chi connectivity index (χ4v) is 2.89. The van der Waals surface area contributed by atoms with Crippen molar-refractivity contribution < 1.29 is 4.79 Å². The third-order valence-electron chi connectivity index (χ3n) is 4.49. The fourth-order valence-electron chi connectivity index (χ4n) is 2.89. The third-order valence-corrected chi connectivity index (χ3v) is 4.49. The summed E-state index contributed by atoms with van der Waals surface area (Å²) >= 11 is 0. The van der Waals surface area contributed by atoms with Crippen molar-refractivity contribution in [3.05, 3.63) is 59.5 Å². The number of amides is 1. The fraction of sp³-hybridized carbons (Fsp3) is 0.381. The molecule has 0 bridgehead atoms. The minimum Gasteiger partial charge on any atom is -0.311 e. The quantitative estimate of drug-likeness (QED) is 0.748. The smallest absolute Gasteiger partial charge is 0.225 e. The van der Waals surface area contributed by atoms with Crippen LogP contribution in [0.3, 0.4) is 0 Å². The Morgan fingerprint density at radius 3 is 2.59 bits per heavy atom. The van der Waals surface area contributed by atoms with Gasteiger partial charge in [0.1, 0.15) is 5.82 Å². The maximum Gasteiger partial charge on any atom is 0.225 e. The number of hydrogen-bond acceptors (Lipinski definition) is 3. The number of aryl methyl sites for hydroxylation is 3. The van der Waals surface area contributed by atoms with Gasteiger partial charge in [-0.1, -0.05) is 39.0 Å². The average Bonchev–Trinajstić information content (AvgIpc) is 3.19. The number of carbonyl (C=O) groups excluding carboxylic acids is 1. The van der Waals surface area contributed by atoms with E-state index in [1.807, 2.05) is 55.2 Å². The monoisotopic (exact) mass is 365 g/mol. The number of benzene rings is 1. The molecule has 0 spiro atoms. The highest BCUT2D eigenvalue weighted by Gasteiger charge is 2.22. The van der Waals surface area contributed by atoms with Crippen molar-refractivity contribution >= 4 is 11.7 Å². The van der Waals surface area contributed by atoms with Crippen molar-refractivity contribution in [3.63, 3.8) is 0 Å². The van der Waals surface area contributed by atoms with Crippen LogP contribution in [0.25, 0.3) is 5.69 Å². The van der Waals surface area contributed by atoms with E-state index in [4.69, 9.17) is 5.10 Å². The first-order valence-electron chi connectivity index (χ1n) is 9.18. The molecule has 0 fully saturated rings. The number of anilines is 1. The number of rotatable bonds is 5. The second-order valence-corrected chi connectivity index (χ2v) is 7.93. The number of nitrogens with one attached hydrogen (secondary N) is 1. The van der Waals surface area contributed by atoms with Gasteiger partial charge < -0.3 is 5.32 Å². The topological polar surface area (TPSA) is 64.7 Å². The molecule has 2 aromatic heterocycles. The first-order chi connectivity index (χ1) is 12.7. The van der Waals surface area contributed by atoms with Crippen molar-refractivity contribution in [3.8, 4) is 5.69 Å². The van der Waals surface area contributed by atoms with E-state index >= 15 is 0 Å². The van der Waals surface area contributed by atoms with Crippen LogP contribution >= 0.6 is 0 Å². The van der Waals surface area contributed by atoms with Gasteiger partial charge in [-0.25, -0.2) is 4.68 Å². The van der Waals surface area contributed by atoms with Crippen LogP contribution in [-0.4, -0.2) is 25.5 Å². The molecule has 1 aromatic carbocycles. The molecule has 0 aliphatic carbocycles. The molecule has 6 nitrogen and oxygen atoms in total. The number of nitrogens with zero attached hydrogens (tertiary/aromatic N) is 4. The summed E-state index contributed by atoms with van der Waals surface area (Å²) < 4.78 is 3.58. The van der Waals surface area contributed by atoms with Crippen LogP contribution in [0.15, 0.2) is 42.7 Å². The van der Waals surface area contributed by atoms with Crippen LogP contribution in [0, 0.1) is 6.92 Å². The normalized spacial score (nSPS) is 11.6. The lowest BCUT2D eigenvalue weighted by molar-refractivity contribution is -0.116. The second kappa shape index (κ2) is 7.39. The Bertz CT molecular complexity index is 946. The molecule has 3 rings (SSSR count). The minimum atomic E-state index is -0.108. The molecule has 2 heterocycles. The molecule has 6 heteroatoms. The highest BCUT2D eigenvalue weighted by atomic mass is 16.1. The van der Waals surface area contributed by atoms with Crippen molar-refractivity contribution in [2.24, 2.45) is 7.05 Å². The third kappa shape index (κ3) is 4.45. The largest absolute Gasteiger partial charge is 0.311 e. The molecule has 27 heavy (non-hydrogen) atoms. The van der Waals surface area contributed by atoms with Crippen molar-refractivity contribution in [1.82, 2.24) is 19.6 Å². The van der Waals surface area contributed by atoms with Crippen LogP contribution in [0.5, 0.6) is 0 Å². The van der Waals surface area contributed by atoms with Crippen LogP contribution in [0.2, 0.25) is 0 Å². The lowest BCUT2D eigenvalue weighted by Crippen LogP contribution is -2.16. The van der Waals surface area contributed by atoms with Gasteiger partial charge >= 0.3 is 0 Å². The SMILES string of the molecule is Cc1ccccc1-n1nc(C(C)(C)C)cc1NC(=O)CCc1cnn(C)c1. The highest BCUT2D eigenvalue weighted by molar-refractivity contribution is 5.90. The van der Waals surface area contributed by atoms with Gasteiger partial charge in [0.15, 0.2) is 0 Å². The summed E-state index contributed by atoms with van der Waals surface area (Å²) in [4.78, 5) is 12.5. The van der Waals surface area contributed by atoms with Gasteiger partial charge in [-0.2, -0.15) is 10.2 Å². The van der Waals surface area contributed by atoms with E-state index in [0.717, 1.165) is 22.5 Å². The zero-order chi connectivity index (χ0) is 19.6. The molecule has 0 saturated heterocycles. The van der Waals surface area contributed by atoms with Gasteiger partial charge in [0.2, 0.25) is 5.91 Å². The summed E-state index contributed by atoms with van der Waals surface area (Å²) in [6.07, 6.45) is 4.78. The minimum absolute atomic E-state index is 0.0333. The molecule has 0 radical (unpaired) electrons. The number of hydrogen-bond donors (Lipinski definition) is 1. The van der Waals surface area contributed by atoms with E-state index in [1.54, 1.807) is 10.9 Å². The second-order valence-electron chi connectivity index (χ2n) is 7.93. The Labute approximate surface area is 160 Å². The van der Waals surface area contributed by atoms with Crippen molar-refractivity contribution in [2.75, 3.05) is 5.32 Å². The molecule has 0 unspecified atom stereocenters. The number of aromatic nitrogens is 4. The van der Waals surface area contributed by atoms with Gasteiger partial charge in [0.05, 0.1) is 17.6 Å². The van der Waals surface area contributed by atoms with E-state index in [2.05, 4.69) is 31.2 Å². The maximum atomic E-state index is 12.5. The lowest BCUT2D eigenvalue weighted by atomic mass is 9.92. The zero-order valence-electron chi connectivity index (χ0n) is 16.7. The summed E-state index contributed by atoms with van der Waals surface area (Å²) in [6.45, 7) is 8.39. The Hall–Kier alpha value is -2.89. The average molecular weight is 365 g/mol. The first kappa shape index (κ1) is 18.9. The van der Waals surface area contributed by atoms with Gasteiger partial charge in [-0.05, 0) is 30.5 Å². The summed E-state index contributed by atoms with van der Waals surface area (Å²) in [7, 11) is 1.87. The molecule has 0 atom stereocenters. The van der Waals surface area contributed by atoms with Gasteiger partial charge in [0.25, 0.3) is 0 Å². The summed E-state index contributed by atoms with van der Waals surface area (Å²) in [6, 6.07) is 10.0. The van der Waals surface area contributed by atoms with Gasteiger partial charge in [-0.3, -0.25) is 9.48 Å². The van der Waals surface area contributed by atoms with E-state index in [1.165, 1.54) is 0 Å². The summed E-state index contributed by atoms with van der Waals surface area (Å²) in [5.74, 6) is 0.666. The molecule has 142 valence electrons. The van der Waals surface area contributed by atoms with Crippen LogP contribution in [0.4, 0.5) is 5.82 Å². The maximum absolute atomic E-state index is 12.5. The van der Waals surface area contributed by atoms with Crippen LogP contribution in [-0.2, 0) is 23.7 Å². The molecule has 1 N–H and O–H groups in total. The molecule has 3 aromatic rings. The van der Waals surface area contributed by atoms with Crippen molar-refractivity contribution in [1.29, 1.82) is 0 Å². The standard InChI is InChI=1S/C21H27N5O/c1-15-8-6-7-9-17(15)26-19(12-18(24-26)21(2,3)4)23-20(27)11-10-16-13-22-25(5)14-16/h6-9,12-14H,10-11H2,1-5H3,(H,23,27). The Balaban J connectivity index is 1.84. The summed E-state index contributed by atoms with van der Waals surface area (Å²) in [5.41, 5.74) is 3.95. The van der Waals surface area contributed by atoms with Crippen molar-refractivity contribution in [2.45, 2.75) is 46.0 Å². The van der Waals surface area contributed by atoms with Gasteiger partial charge in [-0.15, -0.1) is 0 Å². The first-order valence-corrected chi connectivity index (χ1v) is 9.18. The predicted octanol–water partition coefficient (Wildman–Crippen LogP) is 3.78. The molecule has 1 amide bonds. The predicted molar refractivity (Wildman–Crippen MR) is 107 cm³/mol. The number of para-hydroxylation sites is 1. The number of carbonyl (C=O) groups is 1. The molecular formula is C21H27N5O. The Morgan fingerprint density at radius 2 is 1.96 bits per heavy atom. The zero-order valence-corrected chi connectivity index (χ0v) is 16.7. The van der Waals surface area contributed by atoms with E-state index in [0.29, 0.717) is 18.7 Å². The van der Waals surface area contributed by atoms with Gasteiger partial charge in [0, 0.05) is 31.1 Å². The van der Waals surface area contributed by atoms with E-state index < -0.39 is 0 Å². The summed E-state index contributed by atoms with van der Waals surface area (Å²) in [5, 5.41) is 12.0. The van der Waals surface area contributed by atoms with Crippen LogP contribution < -0.4 is 5.32 Å². The van der Waals surface area contributed by atoms with E-state index in [-0.39, 0.29) is 11.3 Å². The lowest BCUT2D eigenvalue weighted by Gasteiger charge is -2.14. The Morgan fingerprint density at radius 1 is 1.22 bits per heavy atom. The molecular weight excluding hydrogens is 338 g/mol.